The van der Waals surface area contributed by atoms with Crippen molar-refractivity contribution in [3.05, 3.63) is 0 Å². The molecule has 0 unspecified atom stereocenters. The fraction of sp³-hybridized carbons (Fsp3) is 0.500. The van der Waals surface area contributed by atoms with E-state index in [2.05, 4.69) is 15.5 Å². The topological polar surface area (TPSA) is 66.0 Å². The fourth-order valence-electron chi connectivity index (χ4n) is 0.887. The Kier molecular flexibility index (Phi) is 2.72. The zero-order valence-electron chi connectivity index (χ0n) is 7.03. The van der Waals surface area contributed by atoms with Crippen LogP contribution in [0.5, 0.6) is 0 Å². The number of nitrogens with one attached hydrogen (secondary N) is 1. The van der Waals surface area contributed by atoms with Gasteiger partial charge in [0.25, 0.3) is 0 Å². The number of hydrogen-bond donors (Lipinski definition) is 2. The molecule has 0 radical (unpaired) electrons. The molecule has 5 nitrogen and oxygen atoms in total. The summed E-state index contributed by atoms with van der Waals surface area (Å²) in [6.07, 6.45) is 0.612. The van der Waals surface area contributed by atoms with Crippen LogP contribution in [0.25, 0.3) is 0 Å². The van der Waals surface area contributed by atoms with Gasteiger partial charge in [-0.15, -0.1) is 0 Å². The van der Waals surface area contributed by atoms with E-state index in [9.17, 15) is 0 Å². The van der Waals surface area contributed by atoms with E-state index >= 15 is 0 Å². The van der Waals surface area contributed by atoms with Crippen molar-refractivity contribution in [3.8, 4) is 0 Å². The van der Waals surface area contributed by atoms with E-state index in [0.717, 1.165) is 5.71 Å². The first-order valence-electron chi connectivity index (χ1n) is 3.49. The Balaban J connectivity index is 2.91. The Morgan fingerprint density at radius 1 is 1.67 bits per heavy atom. The molecule has 0 fully saturated rings. The molecule has 0 bridgehead atoms. The molecular weight excluding hydrogens is 174 g/mol. The molecule has 0 aliphatic carbocycles. The largest absolute Gasteiger partial charge is 0.312 e. The molecule has 1 aliphatic rings. The van der Waals surface area contributed by atoms with Crippen molar-refractivity contribution in [1.29, 1.82) is 0 Å². The van der Waals surface area contributed by atoms with E-state index in [0.29, 0.717) is 17.4 Å². The summed E-state index contributed by atoms with van der Waals surface area (Å²) in [4.78, 5) is 4.05. The highest BCUT2D eigenvalue weighted by Gasteiger charge is 2.10. The summed E-state index contributed by atoms with van der Waals surface area (Å²) >= 11 is 4.95. The molecule has 0 saturated heterocycles. The molecular formula is C6H11N5S. The summed E-state index contributed by atoms with van der Waals surface area (Å²) in [6, 6.07) is 0. The van der Waals surface area contributed by atoms with Crippen molar-refractivity contribution < 1.29 is 0 Å². The van der Waals surface area contributed by atoms with Gasteiger partial charge in [-0.2, -0.15) is 5.10 Å². The number of amidine groups is 1. The van der Waals surface area contributed by atoms with Crippen LogP contribution in [0.15, 0.2) is 10.1 Å². The summed E-state index contributed by atoms with van der Waals surface area (Å²) in [6.45, 7) is 1.90. The molecule has 66 valence electrons. The van der Waals surface area contributed by atoms with Crippen LogP contribution in [0.2, 0.25) is 0 Å². The molecule has 0 aromatic rings. The van der Waals surface area contributed by atoms with Gasteiger partial charge in [-0.25, -0.2) is 15.8 Å². The Morgan fingerprint density at radius 3 is 2.92 bits per heavy atom. The van der Waals surface area contributed by atoms with Crippen LogP contribution in [0.1, 0.15) is 13.3 Å². The van der Waals surface area contributed by atoms with Gasteiger partial charge in [0.05, 0.1) is 0 Å². The summed E-state index contributed by atoms with van der Waals surface area (Å²) in [5.41, 5.74) is 3.41. The number of hydrogen-bond acceptors (Lipinski definition) is 4. The standard InChI is InChI=1S/C6H11N5S/c1-4-3-5(9-7)8-6(12)11(2)10-4/h3,7H2,1-2H3,(H,8,9,12). The van der Waals surface area contributed by atoms with E-state index in [1.165, 1.54) is 0 Å². The second-order valence-electron chi connectivity index (χ2n) is 2.52. The van der Waals surface area contributed by atoms with Crippen molar-refractivity contribution >= 4 is 28.9 Å². The minimum atomic E-state index is 0.416. The first-order valence-corrected chi connectivity index (χ1v) is 3.90. The second kappa shape index (κ2) is 3.59. The molecule has 0 atom stereocenters. The lowest BCUT2D eigenvalue weighted by atomic mass is 10.3. The fourth-order valence-corrected chi connectivity index (χ4v) is 1.04. The van der Waals surface area contributed by atoms with Crippen molar-refractivity contribution in [2.24, 2.45) is 15.9 Å². The highest BCUT2D eigenvalue weighted by atomic mass is 32.1. The number of rotatable bonds is 0. The highest BCUT2D eigenvalue weighted by molar-refractivity contribution is 7.80. The van der Waals surface area contributed by atoms with Gasteiger partial charge >= 0.3 is 0 Å². The number of hydrazone groups is 1. The van der Waals surface area contributed by atoms with Gasteiger partial charge in [-0.05, 0) is 19.1 Å². The lowest BCUT2D eigenvalue weighted by Gasteiger charge is -2.07. The summed E-state index contributed by atoms with van der Waals surface area (Å²) in [7, 11) is 1.76. The molecule has 1 aliphatic heterocycles. The van der Waals surface area contributed by atoms with E-state index < -0.39 is 0 Å². The van der Waals surface area contributed by atoms with Crippen molar-refractivity contribution in [1.82, 2.24) is 10.4 Å². The number of nitrogens with two attached hydrogens (primary N) is 1. The van der Waals surface area contributed by atoms with Gasteiger partial charge in [0.15, 0.2) is 0 Å². The molecule has 0 saturated carbocycles. The van der Waals surface area contributed by atoms with Crippen LogP contribution in [-0.2, 0) is 0 Å². The molecule has 3 N–H and O–H groups in total. The lowest BCUT2D eigenvalue weighted by molar-refractivity contribution is 0.549. The predicted molar refractivity (Wildman–Crippen MR) is 52.8 cm³/mol. The quantitative estimate of drug-likeness (QED) is 0.313. The Hall–Kier alpha value is -1.01. The number of thiocarbonyl (C=S) groups is 1. The smallest absolute Gasteiger partial charge is 0.217 e. The third kappa shape index (κ3) is 1.99. The maximum absolute atomic E-state index is 5.23. The summed E-state index contributed by atoms with van der Waals surface area (Å²) in [5, 5.41) is 6.12. The van der Waals surface area contributed by atoms with Crippen LogP contribution in [0.3, 0.4) is 0 Å². The maximum Gasteiger partial charge on any atom is 0.217 e. The minimum absolute atomic E-state index is 0.416. The SMILES string of the molecule is CC1=NN(C)C(=S)N=C(NN)C1. The van der Waals surface area contributed by atoms with Gasteiger partial charge in [-0.1, -0.05) is 0 Å². The van der Waals surface area contributed by atoms with Gasteiger partial charge in [0, 0.05) is 19.2 Å². The molecule has 1 heterocycles. The van der Waals surface area contributed by atoms with Crippen LogP contribution in [-0.4, -0.2) is 28.7 Å². The molecule has 0 amide bonds. The average Bonchev–Trinajstić information content (AvgIpc) is 2.12. The number of nitrogens with zero attached hydrogens (tertiary/aromatic N) is 3. The molecule has 0 aromatic heterocycles. The third-order valence-electron chi connectivity index (χ3n) is 1.42. The van der Waals surface area contributed by atoms with E-state index in [1.54, 1.807) is 12.1 Å². The first kappa shape index (κ1) is 9.08. The molecule has 1 rings (SSSR count). The lowest BCUT2D eigenvalue weighted by Crippen LogP contribution is -2.31. The summed E-state index contributed by atoms with van der Waals surface area (Å²) in [5.74, 6) is 5.87. The van der Waals surface area contributed by atoms with E-state index in [4.69, 9.17) is 18.1 Å². The van der Waals surface area contributed by atoms with Crippen molar-refractivity contribution in [2.75, 3.05) is 7.05 Å². The Labute approximate surface area is 76.3 Å². The maximum atomic E-state index is 5.23. The average molecular weight is 185 g/mol. The van der Waals surface area contributed by atoms with Crippen molar-refractivity contribution in [2.45, 2.75) is 13.3 Å². The zero-order chi connectivity index (χ0) is 9.14. The predicted octanol–water partition coefficient (Wildman–Crippen LogP) is -0.155. The Bertz CT molecular complexity index is 257. The van der Waals surface area contributed by atoms with Gasteiger partial charge < -0.3 is 5.43 Å². The van der Waals surface area contributed by atoms with Crippen LogP contribution >= 0.6 is 12.2 Å². The molecule has 6 heteroatoms. The minimum Gasteiger partial charge on any atom is -0.312 e. The van der Waals surface area contributed by atoms with E-state index in [-0.39, 0.29) is 0 Å². The van der Waals surface area contributed by atoms with Gasteiger partial charge in [0.1, 0.15) is 5.84 Å². The molecule has 0 aromatic carbocycles. The van der Waals surface area contributed by atoms with Gasteiger partial charge in [-0.3, -0.25) is 0 Å². The monoisotopic (exact) mass is 185 g/mol. The third-order valence-corrected chi connectivity index (χ3v) is 1.77. The number of aliphatic imine (C=N–C) groups is 1. The number of hydrazine groups is 1. The summed E-state index contributed by atoms with van der Waals surface area (Å²) < 4.78 is 0. The molecule has 12 heavy (non-hydrogen) atoms. The van der Waals surface area contributed by atoms with Crippen molar-refractivity contribution in [3.63, 3.8) is 0 Å². The van der Waals surface area contributed by atoms with Crippen LogP contribution < -0.4 is 11.3 Å². The van der Waals surface area contributed by atoms with Crippen LogP contribution in [0, 0.1) is 0 Å². The van der Waals surface area contributed by atoms with Crippen LogP contribution in [0.4, 0.5) is 0 Å². The first-order chi connectivity index (χ1) is 5.63. The van der Waals surface area contributed by atoms with E-state index in [1.807, 2.05) is 6.92 Å². The highest BCUT2D eigenvalue weighted by Crippen LogP contribution is 2.01. The van der Waals surface area contributed by atoms with Gasteiger partial charge in [0.2, 0.25) is 5.11 Å². The zero-order valence-corrected chi connectivity index (χ0v) is 7.85. The Morgan fingerprint density at radius 2 is 2.33 bits per heavy atom. The molecule has 0 spiro atoms. The second-order valence-corrected chi connectivity index (χ2v) is 2.89. The normalized spacial score (nSPS) is 18.2.